The lowest BCUT2D eigenvalue weighted by Crippen LogP contribution is -2.40. The predicted molar refractivity (Wildman–Crippen MR) is 112 cm³/mol. The second kappa shape index (κ2) is 8.88. The molecule has 0 aliphatic carbocycles. The molecule has 0 saturated heterocycles. The van der Waals surface area contributed by atoms with Gasteiger partial charge in [0.2, 0.25) is 5.28 Å². The Bertz CT molecular complexity index is 1310. The Kier molecular flexibility index (Phi) is 6.03. The number of nitrogens with one attached hydrogen (secondary N) is 1. The van der Waals surface area contributed by atoms with Gasteiger partial charge in [-0.3, -0.25) is 13.9 Å². The molecule has 4 aromatic rings. The highest BCUT2D eigenvalue weighted by Gasteiger charge is 2.17. The van der Waals surface area contributed by atoms with E-state index in [1.165, 1.54) is 9.13 Å². The minimum absolute atomic E-state index is 0.0877. The Balaban J connectivity index is 1.46. The molecule has 0 saturated carbocycles. The summed E-state index contributed by atoms with van der Waals surface area (Å²) >= 11 is 5.94. The Morgan fingerprint density at radius 3 is 2.61 bits per heavy atom. The largest absolute Gasteiger partial charge is 0.361 e. The first-order valence-electron chi connectivity index (χ1n) is 10.1. The minimum Gasteiger partial charge on any atom is -0.361 e. The number of aryl methyl sites for hydroxylation is 3. The molecule has 1 N–H and O–H groups in total. The highest BCUT2D eigenvalue weighted by atomic mass is 35.5. The van der Waals surface area contributed by atoms with Crippen LogP contribution in [0.2, 0.25) is 5.28 Å². The molecule has 0 aliphatic rings. The standard InChI is InChI=1S/C19H22ClN7O4/c1-3-4-8-26-15-14(22-18(20)23-15)17(28)27(19(26)29)9-6-5-7-13-21-16(31-25-13)12-10-11(2)30-24-12/h10H,3-9H2,1-2H3,(H,22,23). The molecule has 0 aliphatic heterocycles. The number of rotatable bonds is 9. The number of halogens is 1. The molecule has 0 bridgehead atoms. The van der Waals surface area contributed by atoms with Crippen LogP contribution in [0.15, 0.2) is 24.7 Å². The zero-order valence-electron chi connectivity index (χ0n) is 17.2. The summed E-state index contributed by atoms with van der Waals surface area (Å²) in [5, 5.41) is 7.88. The average Bonchev–Trinajstić information content (AvgIpc) is 3.47. The molecular formula is C19H22ClN7O4. The monoisotopic (exact) mass is 447 g/mol. The molecule has 0 amide bonds. The van der Waals surface area contributed by atoms with Crippen LogP contribution in [0.4, 0.5) is 0 Å². The lowest BCUT2D eigenvalue weighted by Gasteiger charge is -2.10. The van der Waals surface area contributed by atoms with Crippen LogP contribution >= 0.6 is 11.6 Å². The number of hydrogen-bond acceptors (Lipinski definition) is 8. The minimum atomic E-state index is -0.421. The fourth-order valence-electron chi connectivity index (χ4n) is 3.33. The van der Waals surface area contributed by atoms with Gasteiger partial charge in [0.25, 0.3) is 11.4 Å². The van der Waals surface area contributed by atoms with Crippen molar-refractivity contribution in [1.82, 2.24) is 34.4 Å². The van der Waals surface area contributed by atoms with Crippen molar-refractivity contribution in [3.63, 3.8) is 0 Å². The molecule has 0 atom stereocenters. The summed E-state index contributed by atoms with van der Waals surface area (Å²) in [4.78, 5) is 36.9. The second-order valence-electron chi connectivity index (χ2n) is 7.27. The van der Waals surface area contributed by atoms with Crippen LogP contribution in [0.25, 0.3) is 22.7 Å². The van der Waals surface area contributed by atoms with Gasteiger partial charge < -0.3 is 14.0 Å². The highest BCUT2D eigenvalue weighted by Crippen LogP contribution is 2.17. The van der Waals surface area contributed by atoms with Gasteiger partial charge in [0.15, 0.2) is 22.7 Å². The van der Waals surface area contributed by atoms with Gasteiger partial charge in [0.1, 0.15) is 5.76 Å². The van der Waals surface area contributed by atoms with Crippen molar-refractivity contribution >= 4 is 22.8 Å². The Hall–Kier alpha value is -3.21. The van der Waals surface area contributed by atoms with Crippen LogP contribution in [0.3, 0.4) is 0 Å². The molecule has 0 fully saturated rings. The van der Waals surface area contributed by atoms with Crippen molar-refractivity contribution in [3.05, 3.63) is 43.8 Å². The van der Waals surface area contributed by atoms with E-state index in [0.29, 0.717) is 54.6 Å². The number of aromatic nitrogens is 7. The number of aromatic amines is 1. The van der Waals surface area contributed by atoms with E-state index in [1.54, 1.807) is 13.0 Å². The molecule has 4 heterocycles. The average molecular weight is 448 g/mol. The summed E-state index contributed by atoms with van der Waals surface area (Å²) in [6.07, 6.45) is 3.49. The molecule has 12 heteroatoms. The van der Waals surface area contributed by atoms with Gasteiger partial charge in [-0.25, -0.2) is 4.79 Å². The predicted octanol–water partition coefficient (Wildman–Crippen LogP) is 2.71. The summed E-state index contributed by atoms with van der Waals surface area (Å²) in [6, 6.07) is 1.71. The SMILES string of the molecule is CCCCn1c(=O)n(CCCCc2noc(-c3cc(C)on3)n2)c(=O)c2[nH]c(Cl)nc21. The quantitative estimate of drug-likeness (QED) is 0.305. The fraction of sp³-hybridized carbons (Fsp3) is 0.474. The molecule has 164 valence electrons. The van der Waals surface area contributed by atoms with Crippen molar-refractivity contribution in [2.24, 2.45) is 0 Å². The van der Waals surface area contributed by atoms with E-state index in [2.05, 4.69) is 25.3 Å². The van der Waals surface area contributed by atoms with Gasteiger partial charge in [-0.15, -0.1) is 0 Å². The van der Waals surface area contributed by atoms with Crippen molar-refractivity contribution in [1.29, 1.82) is 0 Å². The van der Waals surface area contributed by atoms with Crippen molar-refractivity contribution in [2.45, 2.75) is 59.0 Å². The highest BCUT2D eigenvalue weighted by molar-refractivity contribution is 6.28. The zero-order valence-corrected chi connectivity index (χ0v) is 18.0. The van der Waals surface area contributed by atoms with Crippen molar-refractivity contribution < 1.29 is 9.05 Å². The lowest BCUT2D eigenvalue weighted by atomic mass is 10.2. The number of hydrogen-bond donors (Lipinski definition) is 1. The Morgan fingerprint density at radius 2 is 1.87 bits per heavy atom. The van der Waals surface area contributed by atoms with Crippen LogP contribution in [0, 0.1) is 6.92 Å². The molecule has 0 radical (unpaired) electrons. The van der Waals surface area contributed by atoms with Crippen LogP contribution in [-0.2, 0) is 19.5 Å². The zero-order chi connectivity index (χ0) is 22.0. The van der Waals surface area contributed by atoms with Crippen LogP contribution in [0.5, 0.6) is 0 Å². The van der Waals surface area contributed by atoms with Gasteiger partial charge in [-0.1, -0.05) is 23.7 Å². The third-order valence-electron chi connectivity index (χ3n) is 4.91. The smallest absolute Gasteiger partial charge is 0.332 e. The molecular weight excluding hydrogens is 426 g/mol. The molecule has 11 nitrogen and oxygen atoms in total. The maximum absolute atomic E-state index is 12.9. The van der Waals surface area contributed by atoms with E-state index in [9.17, 15) is 9.59 Å². The number of fused-ring (bicyclic) bond motifs is 1. The van der Waals surface area contributed by atoms with Crippen molar-refractivity contribution in [3.8, 4) is 11.6 Å². The topological polar surface area (TPSA) is 138 Å². The molecule has 0 unspecified atom stereocenters. The van der Waals surface area contributed by atoms with Gasteiger partial charge >= 0.3 is 5.69 Å². The summed E-state index contributed by atoms with van der Waals surface area (Å²) in [7, 11) is 0. The van der Waals surface area contributed by atoms with Crippen LogP contribution in [-0.4, -0.2) is 34.4 Å². The summed E-state index contributed by atoms with van der Waals surface area (Å²) < 4.78 is 12.9. The number of imidazole rings is 1. The summed E-state index contributed by atoms with van der Waals surface area (Å²) in [5.74, 6) is 1.47. The lowest BCUT2D eigenvalue weighted by molar-refractivity contribution is 0.388. The van der Waals surface area contributed by atoms with Crippen LogP contribution in [0.1, 0.15) is 44.2 Å². The molecule has 4 rings (SSSR count). The number of H-pyrrole nitrogens is 1. The first kappa shape index (κ1) is 21.0. The van der Waals surface area contributed by atoms with E-state index >= 15 is 0 Å². The van der Waals surface area contributed by atoms with E-state index in [0.717, 1.165) is 12.8 Å². The Labute approximate surface area is 181 Å². The number of unbranched alkanes of at least 4 members (excludes halogenated alkanes) is 2. The van der Waals surface area contributed by atoms with Gasteiger partial charge in [-0.2, -0.15) is 9.97 Å². The molecule has 0 spiro atoms. The molecule has 0 aromatic carbocycles. The van der Waals surface area contributed by atoms with E-state index in [-0.39, 0.29) is 23.0 Å². The molecule has 31 heavy (non-hydrogen) atoms. The third-order valence-corrected chi connectivity index (χ3v) is 5.09. The Morgan fingerprint density at radius 1 is 1.06 bits per heavy atom. The van der Waals surface area contributed by atoms with Gasteiger partial charge in [-0.05, 0) is 37.8 Å². The second-order valence-corrected chi connectivity index (χ2v) is 7.62. The summed E-state index contributed by atoms with van der Waals surface area (Å²) in [5.41, 5.74) is 0.230. The third kappa shape index (κ3) is 4.31. The first-order chi connectivity index (χ1) is 15.0. The van der Waals surface area contributed by atoms with E-state index < -0.39 is 5.56 Å². The van der Waals surface area contributed by atoms with Gasteiger partial charge in [0, 0.05) is 25.6 Å². The first-order valence-corrected chi connectivity index (χ1v) is 10.5. The van der Waals surface area contributed by atoms with Crippen molar-refractivity contribution in [2.75, 3.05) is 0 Å². The normalized spacial score (nSPS) is 11.6. The summed E-state index contributed by atoms with van der Waals surface area (Å²) in [6.45, 7) is 4.55. The number of nitrogens with zero attached hydrogens (tertiary/aromatic N) is 6. The van der Waals surface area contributed by atoms with E-state index in [1.807, 2.05) is 6.92 Å². The van der Waals surface area contributed by atoms with Crippen LogP contribution < -0.4 is 11.2 Å². The molecule has 4 aromatic heterocycles. The van der Waals surface area contributed by atoms with Gasteiger partial charge in [0.05, 0.1) is 0 Å². The maximum Gasteiger partial charge on any atom is 0.332 e. The van der Waals surface area contributed by atoms with E-state index in [4.69, 9.17) is 20.6 Å². The maximum atomic E-state index is 12.9. The fourth-order valence-corrected chi connectivity index (χ4v) is 3.51.